The summed E-state index contributed by atoms with van der Waals surface area (Å²) in [6, 6.07) is 6.40. The maximum atomic E-state index is 12.1. The molecule has 168 valence electrons. The van der Waals surface area contributed by atoms with Crippen LogP contribution in [0.5, 0.6) is 0 Å². The van der Waals surface area contributed by atoms with Crippen molar-refractivity contribution in [2.75, 3.05) is 7.11 Å². The van der Waals surface area contributed by atoms with Gasteiger partial charge in [-0.1, -0.05) is 24.6 Å². The van der Waals surface area contributed by atoms with E-state index in [1.807, 2.05) is 27.7 Å². The highest BCUT2D eigenvalue weighted by Crippen LogP contribution is 2.17. The average Bonchev–Trinajstić information content (AvgIpc) is 2.55. The van der Waals surface area contributed by atoms with Crippen molar-refractivity contribution >= 4 is 12.1 Å². The molecule has 1 aromatic rings. The lowest BCUT2D eigenvalue weighted by atomic mass is 10.0. The van der Waals surface area contributed by atoms with E-state index < -0.39 is 11.7 Å². The highest BCUT2D eigenvalue weighted by atomic mass is 19.1. The van der Waals surface area contributed by atoms with Gasteiger partial charge < -0.3 is 19.9 Å². The van der Waals surface area contributed by atoms with Crippen LogP contribution < -0.4 is 5.73 Å². The molecule has 1 atom stereocenters. The number of aryl methyl sites for hydroxylation is 1. The lowest BCUT2D eigenvalue weighted by Gasteiger charge is -2.26. The molecule has 6 nitrogen and oxygen atoms in total. The number of amides is 1. The number of carbonyl (C=O) groups is 2. The number of hydrogen-bond acceptors (Lipinski definition) is 5. The Kier molecular flexibility index (Phi) is 14.0. The summed E-state index contributed by atoms with van der Waals surface area (Å²) < 4.78 is 27.0. The summed E-state index contributed by atoms with van der Waals surface area (Å²) in [4.78, 5) is 20.9. The second-order valence-corrected chi connectivity index (χ2v) is 8.15. The number of esters is 1. The summed E-state index contributed by atoms with van der Waals surface area (Å²) in [5, 5.41) is 0. The number of ether oxygens (including phenoxy) is 3. The maximum Gasteiger partial charge on any atom is 0.405 e. The molecule has 0 aliphatic rings. The van der Waals surface area contributed by atoms with Gasteiger partial charge in [0.15, 0.2) is 0 Å². The second-order valence-electron chi connectivity index (χ2n) is 8.15. The molecular weight excluding hydrogens is 377 g/mol. The number of carbonyl (C=O) groups excluding carboxylic acids is 2. The summed E-state index contributed by atoms with van der Waals surface area (Å²) in [5.74, 6) is -0.324. The van der Waals surface area contributed by atoms with Gasteiger partial charge in [-0.25, -0.2) is 9.18 Å². The Morgan fingerprint density at radius 1 is 1.10 bits per heavy atom. The Morgan fingerprint density at radius 3 is 1.86 bits per heavy atom. The van der Waals surface area contributed by atoms with E-state index in [0.717, 1.165) is 12.0 Å². The van der Waals surface area contributed by atoms with Crippen LogP contribution in [0.3, 0.4) is 0 Å². The second kappa shape index (κ2) is 13.9. The first-order chi connectivity index (χ1) is 13.1. The lowest BCUT2D eigenvalue weighted by Crippen LogP contribution is -2.29. The lowest BCUT2D eigenvalue weighted by molar-refractivity contribution is -0.150. The highest BCUT2D eigenvalue weighted by Gasteiger charge is 2.21. The van der Waals surface area contributed by atoms with Crippen molar-refractivity contribution in [3.8, 4) is 0 Å². The molecule has 7 heteroatoms. The molecule has 1 aromatic carbocycles. The standard InChI is InChI=1S/C10H20O3.C7H7F.C5H11NO2/c1-6-9(11)13-8(2)7-10(3,4)12-5;1-6-2-4-7(8)5-3-6;1-5(2,3)8-4(6)7/h8H,6-7H2,1-5H3;2-5H,1H3;1-3H3,(H2,6,7). The minimum absolute atomic E-state index is 0.0811. The molecule has 29 heavy (non-hydrogen) atoms. The van der Waals surface area contributed by atoms with E-state index in [0.29, 0.717) is 6.42 Å². The third-order valence-electron chi connectivity index (χ3n) is 3.37. The first kappa shape index (κ1) is 29.1. The minimum Gasteiger partial charge on any atom is -0.463 e. The predicted molar refractivity (Wildman–Crippen MR) is 113 cm³/mol. The van der Waals surface area contributed by atoms with Gasteiger partial charge in [0, 0.05) is 20.0 Å². The largest absolute Gasteiger partial charge is 0.463 e. The van der Waals surface area contributed by atoms with Crippen molar-refractivity contribution in [3.05, 3.63) is 35.6 Å². The molecule has 1 rings (SSSR count). The number of primary amides is 1. The number of nitrogens with two attached hydrogens (primary N) is 1. The van der Waals surface area contributed by atoms with Gasteiger partial charge in [0.25, 0.3) is 0 Å². The molecule has 1 unspecified atom stereocenters. The van der Waals surface area contributed by atoms with Crippen LogP contribution in [0.15, 0.2) is 24.3 Å². The molecule has 0 aliphatic carbocycles. The Bertz CT molecular complexity index is 573. The Hall–Kier alpha value is -2.15. The van der Waals surface area contributed by atoms with E-state index in [-0.39, 0.29) is 23.5 Å². The van der Waals surface area contributed by atoms with E-state index in [1.165, 1.54) is 12.1 Å². The van der Waals surface area contributed by atoms with Gasteiger partial charge in [0.2, 0.25) is 0 Å². The molecule has 0 radical (unpaired) electrons. The van der Waals surface area contributed by atoms with Gasteiger partial charge in [-0.15, -0.1) is 0 Å². The molecule has 0 bridgehead atoms. The zero-order valence-electron chi connectivity index (χ0n) is 19.3. The number of halogens is 1. The Balaban J connectivity index is 0. The quantitative estimate of drug-likeness (QED) is 0.671. The minimum atomic E-state index is -0.725. The third kappa shape index (κ3) is 20.4. The fourth-order valence-electron chi connectivity index (χ4n) is 1.96. The first-order valence-corrected chi connectivity index (χ1v) is 9.57. The van der Waals surface area contributed by atoms with Crippen molar-refractivity contribution in [2.45, 2.75) is 85.5 Å². The number of methoxy groups -OCH3 is 1. The van der Waals surface area contributed by atoms with Gasteiger partial charge in [-0.05, 0) is 60.6 Å². The summed E-state index contributed by atoms with van der Waals surface area (Å²) in [7, 11) is 1.66. The Labute approximate surface area is 174 Å². The molecular formula is C22H38FNO5. The summed E-state index contributed by atoms with van der Waals surface area (Å²) >= 11 is 0. The SMILES string of the molecule is CC(C)(C)OC(N)=O.CCC(=O)OC(C)CC(C)(C)OC.Cc1ccc(F)cc1. The highest BCUT2D eigenvalue weighted by molar-refractivity contribution is 5.69. The fourth-order valence-corrected chi connectivity index (χ4v) is 1.96. The van der Waals surface area contributed by atoms with Crippen molar-refractivity contribution in [3.63, 3.8) is 0 Å². The van der Waals surface area contributed by atoms with Gasteiger partial charge in [0.1, 0.15) is 17.5 Å². The van der Waals surface area contributed by atoms with Crippen molar-refractivity contribution in [2.24, 2.45) is 5.73 Å². The van der Waals surface area contributed by atoms with Crippen LogP contribution in [0.4, 0.5) is 9.18 Å². The third-order valence-corrected chi connectivity index (χ3v) is 3.37. The van der Waals surface area contributed by atoms with Gasteiger partial charge in [-0.3, -0.25) is 4.79 Å². The van der Waals surface area contributed by atoms with E-state index >= 15 is 0 Å². The summed E-state index contributed by atoms with van der Waals surface area (Å²) in [5.41, 5.74) is 5.13. The average molecular weight is 416 g/mol. The monoisotopic (exact) mass is 415 g/mol. The van der Waals surface area contributed by atoms with Crippen LogP contribution >= 0.6 is 0 Å². The van der Waals surface area contributed by atoms with Gasteiger partial charge >= 0.3 is 12.1 Å². The molecule has 0 aromatic heterocycles. The molecule has 0 saturated carbocycles. The van der Waals surface area contributed by atoms with Crippen LogP contribution in [0.2, 0.25) is 0 Å². The van der Waals surface area contributed by atoms with Crippen molar-refractivity contribution in [1.82, 2.24) is 0 Å². The molecule has 0 saturated heterocycles. The summed E-state index contributed by atoms with van der Waals surface area (Å²) in [6.07, 6.45) is 0.340. The van der Waals surface area contributed by atoms with Gasteiger partial charge in [0.05, 0.1) is 5.60 Å². The first-order valence-electron chi connectivity index (χ1n) is 9.57. The zero-order chi connectivity index (χ0) is 23.3. The maximum absolute atomic E-state index is 12.1. The molecule has 0 fully saturated rings. The van der Waals surface area contributed by atoms with E-state index in [1.54, 1.807) is 46.9 Å². The van der Waals surface area contributed by atoms with Crippen LogP contribution in [-0.2, 0) is 19.0 Å². The molecule has 1 amide bonds. The topological polar surface area (TPSA) is 87.9 Å². The molecule has 0 spiro atoms. The summed E-state index contributed by atoms with van der Waals surface area (Å²) in [6.45, 7) is 14.8. The Morgan fingerprint density at radius 2 is 1.59 bits per heavy atom. The smallest absolute Gasteiger partial charge is 0.405 e. The number of benzene rings is 1. The van der Waals surface area contributed by atoms with Crippen molar-refractivity contribution in [1.29, 1.82) is 0 Å². The van der Waals surface area contributed by atoms with Crippen molar-refractivity contribution < 1.29 is 28.2 Å². The molecule has 2 N–H and O–H groups in total. The van der Waals surface area contributed by atoms with E-state index in [9.17, 15) is 14.0 Å². The fraction of sp³-hybridized carbons (Fsp3) is 0.636. The molecule has 0 heterocycles. The predicted octanol–water partition coefficient (Wildman–Crippen LogP) is 5.16. The van der Waals surface area contributed by atoms with Gasteiger partial charge in [-0.2, -0.15) is 0 Å². The van der Waals surface area contributed by atoms with E-state index in [4.69, 9.17) is 15.2 Å². The number of rotatable bonds is 5. The van der Waals surface area contributed by atoms with E-state index in [2.05, 4.69) is 4.74 Å². The normalized spacial score (nSPS) is 11.8. The number of hydrogen-bond donors (Lipinski definition) is 1. The van der Waals surface area contributed by atoms with Crippen LogP contribution in [0, 0.1) is 12.7 Å². The van der Waals surface area contributed by atoms with Crippen LogP contribution in [0.1, 0.15) is 66.9 Å². The van der Waals surface area contributed by atoms with Crippen LogP contribution in [0.25, 0.3) is 0 Å². The molecule has 0 aliphatic heterocycles. The van der Waals surface area contributed by atoms with Crippen LogP contribution in [-0.4, -0.2) is 36.5 Å². The zero-order valence-corrected chi connectivity index (χ0v) is 19.3.